The number of carbonyl (C=O) groups excluding carboxylic acids is 2. The number of alkyl halides is 9. The molecule has 16 heteroatoms. The van der Waals surface area contributed by atoms with Gasteiger partial charge in [0.25, 0.3) is 0 Å². The van der Waals surface area contributed by atoms with Crippen LogP contribution in [0.1, 0.15) is 46.3 Å². The third kappa shape index (κ3) is 9.06. The van der Waals surface area contributed by atoms with Crippen molar-refractivity contribution in [3.8, 4) is 0 Å². The molecule has 0 bridgehead atoms. The lowest BCUT2D eigenvalue weighted by molar-refractivity contribution is -0.160. The largest absolute Gasteiger partial charge is 0.417 e. The number of rotatable bonds is 8. The highest BCUT2D eigenvalue weighted by Gasteiger charge is 2.41. The zero-order valence-corrected chi connectivity index (χ0v) is 22.2. The molecular weight excluding hydrogens is 626 g/mol. The van der Waals surface area contributed by atoms with Gasteiger partial charge in [-0.15, -0.1) is 0 Å². The van der Waals surface area contributed by atoms with Gasteiger partial charge in [-0.1, -0.05) is 42.3 Å². The predicted octanol–water partition coefficient (Wildman–Crippen LogP) is 9.04. The lowest BCUT2D eigenvalue weighted by Gasteiger charge is -2.22. The van der Waals surface area contributed by atoms with E-state index in [1.54, 1.807) is 0 Å². The molecule has 0 heterocycles. The van der Waals surface area contributed by atoms with E-state index in [1.807, 2.05) is 0 Å². The van der Waals surface area contributed by atoms with Crippen molar-refractivity contribution in [3.05, 3.63) is 74.5 Å². The monoisotopic (exact) mass is 643 g/mol. The van der Waals surface area contributed by atoms with E-state index in [-0.39, 0.29) is 17.0 Å². The van der Waals surface area contributed by atoms with Crippen LogP contribution in [0.5, 0.6) is 0 Å². The molecule has 2 rings (SSSR count). The molecule has 3 nitrogen and oxygen atoms in total. The molecule has 41 heavy (non-hydrogen) atoms. The van der Waals surface area contributed by atoms with Crippen LogP contribution in [-0.4, -0.2) is 42.5 Å². The molecule has 0 fully saturated rings. The lowest BCUT2D eigenvalue weighted by Crippen LogP contribution is -2.39. The van der Waals surface area contributed by atoms with E-state index < -0.39 is 99.0 Å². The summed E-state index contributed by atoms with van der Waals surface area (Å²) in [5.41, 5.74) is -4.68. The molecular formula is C25H18Cl2F11NO2. The summed E-state index contributed by atoms with van der Waals surface area (Å²) in [6.07, 6.45) is -16.4. The second-order valence-corrected chi connectivity index (χ2v) is 9.74. The molecule has 0 N–H and O–H groups in total. The Morgan fingerprint density at radius 3 is 1.95 bits per heavy atom. The van der Waals surface area contributed by atoms with Crippen molar-refractivity contribution in [1.82, 2.24) is 4.90 Å². The molecule has 2 aromatic rings. The van der Waals surface area contributed by atoms with Gasteiger partial charge in [0, 0.05) is 30.5 Å². The lowest BCUT2D eigenvalue weighted by atomic mass is 9.92. The summed E-state index contributed by atoms with van der Waals surface area (Å²) in [7, 11) is 0.782. The minimum absolute atomic E-state index is 0.0688. The van der Waals surface area contributed by atoms with Crippen molar-refractivity contribution >= 4 is 40.7 Å². The van der Waals surface area contributed by atoms with Crippen LogP contribution in [0, 0.1) is 11.7 Å². The molecule has 0 aliphatic carbocycles. The zero-order valence-electron chi connectivity index (χ0n) is 20.7. The van der Waals surface area contributed by atoms with Crippen LogP contribution < -0.4 is 0 Å². The summed E-state index contributed by atoms with van der Waals surface area (Å²) in [5.74, 6) is -9.87. The summed E-state index contributed by atoms with van der Waals surface area (Å²) in [6.45, 7) is -0.657. The Kier molecular flexibility index (Phi) is 10.5. The zero-order chi connectivity index (χ0) is 31.7. The predicted molar refractivity (Wildman–Crippen MR) is 128 cm³/mol. The normalized spacial score (nSPS) is 14.6. The van der Waals surface area contributed by atoms with Crippen molar-refractivity contribution in [1.29, 1.82) is 0 Å². The van der Waals surface area contributed by atoms with Gasteiger partial charge in [-0.05, 0) is 29.8 Å². The number of Topliss-reactive ketones (excluding diaryl/α,β-unsaturated/α-hetero) is 1. The third-order valence-electron chi connectivity index (χ3n) is 5.64. The van der Waals surface area contributed by atoms with Crippen LogP contribution in [0.2, 0.25) is 10.0 Å². The summed E-state index contributed by atoms with van der Waals surface area (Å²) in [6, 6.07) is 2.15. The van der Waals surface area contributed by atoms with E-state index in [4.69, 9.17) is 23.2 Å². The Balaban J connectivity index is 2.47. The van der Waals surface area contributed by atoms with Crippen molar-refractivity contribution in [2.45, 2.75) is 37.8 Å². The van der Waals surface area contributed by atoms with Crippen LogP contribution in [0.4, 0.5) is 48.3 Å². The minimum atomic E-state index is -5.33. The van der Waals surface area contributed by atoms with Gasteiger partial charge in [0.15, 0.2) is 11.6 Å². The summed E-state index contributed by atoms with van der Waals surface area (Å²) in [5, 5.41) is -1.65. The quantitative estimate of drug-likeness (QED) is 0.164. The van der Waals surface area contributed by atoms with Gasteiger partial charge in [-0.2, -0.15) is 39.5 Å². The molecule has 1 amide bonds. The second-order valence-electron chi connectivity index (χ2n) is 8.93. The molecule has 0 aliphatic heterocycles. The maximum absolute atomic E-state index is 14.9. The first-order valence-corrected chi connectivity index (χ1v) is 11.9. The molecule has 1 unspecified atom stereocenters. The van der Waals surface area contributed by atoms with Gasteiger partial charge in [-0.25, -0.2) is 8.78 Å². The second kappa shape index (κ2) is 12.6. The Labute approximate surface area is 235 Å². The number of ketones is 1. The first kappa shape index (κ1) is 34.3. The Bertz CT molecular complexity index is 1310. The number of benzene rings is 2. The number of hydrogen-bond donors (Lipinski definition) is 0. The Hall–Kier alpha value is -2.87. The number of amides is 1. The van der Waals surface area contributed by atoms with E-state index in [0.717, 1.165) is 14.0 Å². The highest BCUT2D eigenvalue weighted by atomic mass is 35.5. The molecule has 0 aliphatic rings. The average molecular weight is 644 g/mol. The fourth-order valence-corrected chi connectivity index (χ4v) is 4.25. The van der Waals surface area contributed by atoms with Gasteiger partial charge in [0.05, 0.1) is 15.6 Å². The molecule has 226 valence electrons. The van der Waals surface area contributed by atoms with Gasteiger partial charge in [-0.3, -0.25) is 9.59 Å². The Morgan fingerprint density at radius 2 is 1.49 bits per heavy atom. The number of carbonyl (C=O) groups is 2. The third-order valence-corrected chi connectivity index (χ3v) is 6.19. The first-order chi connectivity index (χ1) is 18.5. The highest BCUT2D eigenvalue weighted by molar-refractivity contribution is 6.35. The number of halogens is 13. The van der Waals surface area contributed by atoms with Crippen LogP contribution in [0.15, 0.2) is 36.4 Å². The van der Waals surface area contributed by atoms with E-state index in [2.05, 4.69) is 0 Å². The van der Waals surface area contributed by atoms with Gasteiger partial charge in [0.2, 0.25) is 5.91 Å². The van der Waals surface area contributed by atoms with E-state index in [0.29, 0.717) is 24.3 Å². The minimum Gasteiger partial charge on any atom is -0.336 e. The summed E-state index contributed by atoms with van der Waals surface area (Å²) < 4.78 is 149. The fraction of sp³-hybridized carbons (Fsp3) is 0.360. The fourth-order valence-electron chi connectivity index (χ4n) is 3.75. The van der Waals surface area contributed by atoms with Gasteiger partial charge >= 0.3 is 18.5 Å². The smallest absolute Gasteiger partial charge is 0.336 e. The van der Waals surface area contributed by atoms with Crippen LogP contribution in [0.25, 0.3) is 5.83 Å². The van der Waals surface area contributed by atoms with Crippen LogP contribution in [-0.2, 0) is 11.0 Å². The van der Waals surface area contributed by atoms with Crippen molar-refractivity contribution in [3.63, 3.8) is 0 Å². The summed E-state index contributed by atoms with van der Waals surface area (Å²) in [4.78, 5) is 25.0. The maximum atomic E-state index is 14.9. The van der Waals surface area contributed by atoms with Crippen molar-refractivity contribution in [2.75, 3.05) is 13.6 Å². The highest BCUT2D eigenvalue weighted by Crippen LogP contribution is 2.42. The van der Waals surface area contributed by atoms with E-state index in [9.17, 15) is 57.9 Å². The van der Waals surface area contributed by atoms with Gasteiger partial charge in [0.1, 0.15) is 18.3 Å². The molecule has 0 spiro atoms. The van der Waals surface area contributed by atoms with Crippen LogP contribution >= 0.6 is 23.2 Å². The molecule has 0 radical (unpaired) electrons. The number of hydrogen-bond acceptors (Lipinski definition) is 2. The van der Waals surface area contributed by atoms with Crippen LogP contribution in [0.3, 0.4) is 0 Å². The molecule has 0 aromatic heterocycles. The number of allylic oxidation sites excluding steroid dienone is 1. The van der Waals surface area contributed by atoms with Gasteiger partial charge < -0.3 is 4.90 Å². The Morgan fingerprint density at radius 1 is 0.951 bits per heavy atom. The molecule has 2 atom stereocenters. The van der Waals surface area contributed by atoms with Crippen molar-refractivity contribution in [2.24, 2.45) is 5.92 Å². The average Bonchev–Trinajstić information content (AvgIpc) is 2.82. The topological polar surface area (TPSA) is 37.4 Å². The molecule has 0 saturated heterocycles. The summed E-state index contributed by atoms with van der Waals surface area (Å²) >= 11 is 11.0. The first-order valence-electron chi connectivity index (χ1n) is 11.2. The van der Waals surface area contributed by atoms with Crippen molar-refractivity contribution < 1.29 is 57.9 Å². The number of nitrogens with zero attached hydrogens (tertiary/aromatic N) is 1. The molecule has 0 saturated carbocycles. The van der Waals surface area contributed by atoms with E-state index in [1.165, 1.54) is 0 Å². The molecule has 2 aromatic carbocycles. The standard InChI is InChI=1S/C25H18Cl2F11NO2/c1-11(22(41)39(2)10-23(30,31)32)5-20(40)14-4-3-12(6-16(14)25(36,37)38)19(28)9-15(24(33,34)35)13-7-17(26)21(29)18(27)8-13/h3-4,6-9,11,15H,5,10H2,1-2H3/b19-9-/t11-,15?/m0/s1. The van der Waals surface area contributed by atoms with E-state index >= 15 is 0 Å². The SMILES string of the molecule is C[C@@H](CC(=O)c1ccc(/C(F)=C/C(c2cc(Cl)c(F)c(Cl)c2)C(F)(F)F)cc1C(F)(F)F)C(=O)N(C)CC(F)(F)F. The maximum Gasteiger partial charge on any atom is 0.417 e.